The molecule has 0 heterocycles. The van der Waals surface area contributed by atoms with Gasteiger partial charge in [0.1, 0.15) is 28.7 Å². The highest BCUT2D eigenvalue weighted by Gasteiger charge is 2.13. The van der Waals surface area contributed by atoms with Gasteiger partial charge in [0.05, 0.1) is 30.0 Å². The zero-order valence-electron chi connectivity index (χ0n) is 27.2. The summed E-state index contributed by atoms with van der Waals surface area (Å²) in [7, 11) is 0. The second-order valence-corrected chi connectivity index (χ2v) is 11.1. The average molecular weight is 638 g/mol. The molecule has 0 radical (unpaired) electrons. The summed E-state index contributed by atoms with van der Waals surface area (Å²) in [6, 6.07) is 24.9. The summed E-state index contributed by atoms with van der Waals surface area (Å²) in [6.45, 7) is 5.59. The second kappa shape index (κ2) is 18.8. The number of hydrogen-bond acceptors (Lipinski definition) is 8. The third kappa shape index (κ3) is 11.6. The van der Waals surface area contributed by atoms with Gasteiger partial charge in [-0.2, -0.15) is 0 Å². The second-order valence-electron chi connectivity index (χ2n) is 11.1. The number of carbonyl (C=O) groups is 2. The molecule has 0 saturated heterocycles. The Kier molecular flexibility index (Phi) is 13.9. The Labute approximate surface area is 277 Å². The predicted octanol–water partition coefficient (Wildman–Crippen LogP) is 9.50. The molecule has 0 aliphatic heterocycles. The Bertz CT molecular complexity index is 1600. The number of rotatable bonds is 18. The van der Waals surface area contributed by atoms with Crippen molar-refractivity contribution >= 4 is 23.8 Å². The summed E-state index contributed by atoms with van der Waals surface area (Å²) >= 11 is 0. The molecule has 0 aromatic heterocycles. The van der Waals surface area contributed by atoms with Crippen LogP contribution in [0.15, 0.2) is 96.0 Å². The molecule has 0 bridgehead atoms. The van der Waals surface area contributed by atoms with Gasteiger partial charge in [-0.15, -0.1) is 0 Å². The van der Waals surface area contributed by atoms with Gasteiger partial charge in [-0.1, -0.05) is 58.4 Å². The maximum absolute atomic E-state index is 12.8. The van der Waals surface area contributed by atoms with Crippen LogP contribution in [0.3, 0.4) is 0 Å². The Morgan fingerprint density at radius 3 is 1.70 bits per heavy atom. The molecule has 4 aromatic rings. The zero-order valence-corrected chi connectivity index (χ0v) is 27.2. The number of aliphatic imine (C=N–C) groups is 1. The number of nitrogens with zero attached hydrogens (tertiary/aromatic N) is 1. The normalized spacial score (nSPS) is 10.9. The molecule has 4 aromatic carbocycles. The predicted molar refractivity (Wildman–Crippen MR) is 184 cm³/mol. The Hall–Kier alpha value is -5.11. The van der Waals surface area contributed by atoms with E-state index in [-0.39, 0.29) is 17.2 Å². The molecule has 0 atom stereocenters. The lowest BCUT2D eigenvalue weighted by Crippen LogP contribution is -2.10. The fraction of sp³-hybridized carbons (Fsp3) is 0.308. The van der Waals surface area contributed by atoms with Crippen molar-refractivity contribution in [3.8, 4) is 28.7 Å². The van der Waals surface area contributed by atoms with Gasteiger partial charge in [0.15, 0.2) is 0 Å². The van der Waals surface area contributed by atoms with Crippen molar-refractivity contribution in [3.63, 3.8) is 0 Å². The fourth-order valence-electron chi connectivity index (χ4n) is 4.61. The maximum atomic E-state index is 12.8. The van der Waals surface area contributed by atoms with Crippen molar-refractivity contribution in [1.82, 2.24) is 0 Å². The number of phenols is 1. The van der Waals surface area contributed by atoms with Crippen LogP contribution >= 0.6 is 0 Å². The van der Waals surface area contributed by atoms with Gasteiger partial charge in [0.25, 0.3) is 0 Å². The first kappa shape index (κ1) is 34.8. The van der Waals surface area contributed by atoms with Crippen LogP contribution in [0.1, 0.15) is 91.5 Å². The quantitative estimate of drug-likeness (QED) is 0.0501. The van der Waals surface area contributed by atoms with E-state index in [0.717, 1.165) is 25.7 Å². The van der Waals surface area contributed by atoms with Gasteiger partial charge in [-0.3, -0.25) is 4.99 Å². The summed E-state index contributed by atoms with van der Waals surface area (Å²) in [6.07, 6.45) is 10.5. The van der Waals surface area contributed by atoms with E-state index >= 15 is 0 Å². The number of unbranched alkanes of at least 4 members (excludes halogenated alkanes) is 6. The summed E-state index contributed by atoms with van der Waals surface area (Å²) in [5.74, 6) is 0.770. The van der Waals surface area contributed by atoms with E-state index in [4.69, 9.17) is 18.9 Å². The number of hydrogen-bond donors (Lipinski definition) is 1. The van der Waals surface area contributed by atoms with Crippen LogP contribution in [0.5, 0.6) is 28.7 Å². The van der Waals surface area contributed by atoms with Crippen molar-refractivity contribution in [3.05, 3.63) is 108 Å². The molecule has 0 amide bonds. The van der Waals surface area contributed by atoms with Crippen LogP contribution in [0.25, 0.3) is 0 Å². The van der Waals surface area contributed by atoms with Gasteiger partial charge < -0.3 is 24.1 Å². The van der Waals surface area contributed by atoms with Crippen molar-refractivity contribution in [2.24, 2.45) is 4.99 Å². The number of phenolic OH excluding ortho intramolecular Hbond substituents is 1. The zero-order chi connectivity index (χ0) is 33.3. The number of esters is 2. The van der Waals surface area contributed by atoms with Crippen molar-refractivity contribution in [2.45, 2.75) is 65.2 Å². The Balaban J connectivity index is 1.26. The van der Waals surface area contributed by atoms with Crippen LogP contribution in [0.4, 0.5) is 5.69 Å². The van der Waals surface area contributed by atoms with Gasteiger partial charge in [0.2, 0.25) is 0 Å². The van der Waals surface area contributed by atoms with Crippen LogP contribution in [-0.4, -0.2) is 36.5 Å². The molecule has 8 nitrogen and oxygen atoms in total. The molecule has 0 unspecified atom stereocenters. The lowest BCUT2D eigenvalue weighted by molar-refractivity contribution is 0.0733. The highest BCUT2D eigenvalue weighted by atomic mass is 16.5. The molecule has 0 aliphatic carbocycles. The molecule has 4 rings (SSSR count). The SMILES string of the molecule is CCCCCCOc1ccc(C(=O)Oc2cccc(OC(=O)c3ccc(N=Cc4ccc(OCCCCCC)cc4O)cc3)c2)cc1. The summed E-state index contributed by atoms with van der Waals surface area (Å²) in [5, 5.41) is 10.4. The topological polar surface area (TPSA) is 104 Å². The maximum Gasteiger partial charge on any atom is 0.343 e. The fourth-order valence-corrected chi connectivity index (χ4v) is 4.61. The lowest BCUT2D eigenvalue weighted by atomic mass is 10.2. The smallest absolute Gasteiger partial charge is 0.343 e. The Morgan fingerprint density at radius 1 is 0.617 bits per heavy atom. The minimum Gasteiger partial charge on any atom is -0.507 e. The number of ether oxygens (including phenoxy) is 4. The van der Waals surface area contributed by atoms with E-state index in [2.05, 4.69) is 18.8 Å². The third-order valence-corrected chi connectivity index (χ3v) is 7.31. The number of carbonyl (C=O) groups excluding carboxylic acids is 2. The standard InChI is InChI=1S/C39H43NO7/c1-3-5-7-9-24-44-33-21-16-30(17-22-33)39(43)47-36-13-11-12-35(26-36)46-38(42)29-14-19-32(20-15-29)40-28-31-18-23-34(27-37(31)41)45-25-10-8-6-4-2/h11-23,26-28,41H,3-10,24-25H2,1-2H3. The monoisotopic (exact) mass is 637 g/mol. The number of benzene rings is 4. The van der Waals surface area contributed by atoms with Gasteiger partial charge in [-0.05, 0) is 85.6 Å². The Morgan fingerprint density at radius 2 is 1.15 bits per heavy atom. The molecule has 1 N–H and O–H groups in total. The van der Waals surface area contributed by atoms with E-state index in [9.17, 15) is 14.7 Å². The van der Waals surface area contributed by atoms with Crippen LogP contribution in [0, 0.1) is 0 Å². The van der Waals surface area contributed by atoms with Crippen molar-refractivity contribution < 1.29 is 33.6 Å². The highest BCUT2D eigenvalue weighted by molar-refractivity contribution is 5.92. The van der Waals surface area contributed by atoms with E-state index in [1.165, 1.54) is 31.7 Å². The molecule has 246 valence electrons. The van der Waals surface area contributed by atoms with E-state index in [0.29, 0.717) is 47.1 Å². The molecule has 0 saturated carbocycles. The first-order valence-electron chi connectivity index (χ1n) is 16.3. The minimum atomic E-state index is -0.572. The van der Waals surface area contributed by atoms with Gasteiger partial charge >= 0.3 is 11.9 Å². The van der Waals surface area contributed by atoms with Crippen molar-refractivity contribution in [1.29, 1.82) is 0 Å². The average Bonchev–Trinajstić information content (AvgIpc) is 3.08. The summed E-state index contributed by atoms with van der Waals surface area (Å²) in [4.78, 5) is 29.9. The minimum absolute atomic E-state index is 0.0731. The molecule has 0 fully saturated rings. The first-order valence-corrected chi connectivity index (χ1v) is 16.3. The molecular formula is C39H43NO7. The molecular weight excluding hydrogens is 594 g/mol. The summed E-state index contributed by atoms with van der Waals surface area (Å²) < 4.78 is 22.5. The molecule has 0 aliphatic rings. The largest absolute Gasteiger partial charge is 0.507 e. The van der Waals surface area contributed by atoms with Gasteiger partial charge in [-0.25, -0.2) is 9.59 Å². The first-order chi connectivity index (χ1) is 22.9. The lowest BCUT2D eigenvalue weighted by Gasteiger charge is -2.09. The van der Waals surface area contributed by atoms with Crippen LogP contribution in [0.2, 0.25) is 0 Å². The number of aromatic hydroxyl groups is 1. The van der Waals surface area contributed by atoms with Crippen molar-refractivity contribution in [2.75, 3.05) is 13.2 Å². The third-order valence-electron chi connectivity index (χ3n) is 7.31. The van der Waals surface area contributed by atoms with E-state index in [1.807, 2.05) is 0 Å². The van der Waals surface area contributed by atoms with Crippen LogP contribution in [-0.2, 0) is 0 Å². The van der Waals surface area contributed by atoms with E-state index < -0.39 is 11.9 Å². The highest BCUT2D eigenvalue weighted by Crippen LogP contribution is 2.25. The van der Waals surface area contributed by atoms with Crippen LogP contribution < -0.4 is 18.9 Å². The molecule has 0 spiro atoms. The molecule has 47 heavy (non-hydrogen) atoms. The van der Waals surface area contributed by atoms with E-state index in [1.54, 1.807) is 91.1 Å². The molecule has 8 heteroatoms. The van der Waals surface area contributed by atoms with Gasteiger partial charge in [0, 0.05) is 23.9 Å². The summed E-state index contributed by atoms with van der Waals surface area (Å²) in [5.41, 5.74) is 1.84.